The van der Waals surface area contributed by atoms with Crippen molar-refractivity contribution in [2.45, 2.75) is 6.92 Å². The Balaban J connectivity index is 2.10. The Morgan fingerprint density at radius 2 is 2.00 bits per heavy atom. The van der Waals surface area contributed by atoms with Crippen molar-refractivity contribution < 1.29 is 14.3 Å². The van der Waals surface area contributed by atoms with E-state index in [1.54, 1.807) is 25.1 Å². The second-order valence-corrected chi connectivity index (χ2v) is 4.62. The fourth-order valence-electron chi connectivity index (χ4n) is 2.03. The standard InChI is InChI=1S/C15H11FN4O2/c1-9-14(19-18-12-5-3-2-4-11(12)16)20-8-10(15(21)22)6-7-13(20)17-9/h2-8H,1H3,(H,21,22). The number of azo groups is 1. The number of pyridine rings is 1. The summed E-state index contributed by atoms with van der Waals surface area (Å²) in [5.41, 5.74) is 1.33. The van der Waals surface area contributed by atoms with Crippen molar-refractivity contribution in [1.82, 2.24) is 9.38 Å². The molecule has 3 aromatic rings. The lowest BCUT2D eigenvalue weighted by molar-refractivity contribution is 0.0696. The molecule has 0 atom stereocenters. The summed E-state index contributed by atoms with van der Waals surface area (Å²) in [7, 11) is 0. The molecule has 0 saturated carbocycles. The molecule has 6 nitrogen and oxygen atoms in total. The Labute approximate surface area is 124 Å². The van der Waals surface area contributed by atoms with E-state index in [9.17, 15) is 9.18 Å². The summed E-state index contributed by atoms with van der Waals surface area (Å²) in [6.45, 7) is 1.73. The molecule has 3 rings (SSSR count). The van der Waals surface area contributed by atoms with E-state index in [0.717, 1.165) is 0 Å². The number of nitrogens with zero attached hydrogens (tertiary/aromatic N) is 4. The maximum absolute atomic E-state index is 13.5. The molecule has 0 fully saturated rings. The molecule has 0 aliphatic carbocycles. The second-order valence-electron chi connectivity index (χ2n) is 4.62. The van der Waals surface area contributed by atoms with Crippen molar-refractivity contribution in [2.75, 3.05) is 0 Å². The molecule has 7 heteroatoms. The molecule has 0 radical (unpaired) electrons. The summed E-state index contributed by atoms with van der Waals surface area (Å²) in [6, 6.07) is 9.05. The predicted octanol–water partition coefficient (Wildman–Crippen LogP) is 3.90. The van der Waals surface area contributed by atoms with E-state index in [-0.39, 0.29) is 11.3 Å². The molecular weight excluding hydrogens is 287 g/mol. The number of hydrogen-bond donors (Lipinski definition) is 1. The first-order valence-corrected chi connectivity index (χ1v) is 6.44. The monoisotopic (exact) mass is 298 g/mol. The van der Waals surface area contributed by atoms with Crippen molar-refractivity contribution >= 4 is 23.1 Å². The van der Waals surface area contributed by atoms with Crippen LogP contribution >= 0.6 is 0 Å². The van der Waals surface area contributed by atoms with Crippen molar-refractivity contribution in [3.8, 4) is 0 Å². The minimum atomic E-state index is -1.05. The number of hydrogen-bond acceptors (Lipinski definition) is 4. The molecule has 0 aliphatic heterocycles. The van der Waals surface area contributed by atoms with E-state index in [4.69, 9.17) is 5.11 Å². The molecule has 1 aromatic carbocycles. The highest BCUT2D eigenvalue weighted by Gasteiger charge is 2.11. The Kier molecular flexibility index (Phi) is 3.38. The summed E-state index contributed by atoms with van der Waals surface area (Å²) >= 11 is 0. The second kappa shape index (κ2) is 5.36. The van der Waals surface area contributed by atoms with Gasteiger partial charge in [-0.05, 0) is 31.2 Å². The van der Waals surface area contributed by atoms with Gasteiger partial charge in [-0.15, -0.1) is 10.2 Å². The van der Waals surface area contributed by atoms with Crippen LogP contribution in [0.3, 0.4) is 0 Å². The van der Waals surface area contributed by atoms with Gasteiger partial charge in [0.15, 0.2) is 11.6 Å². The molecule has 0 saturated heterocycles. The van der Waals surface area contributed by atoms with Crippen LogP contribution in [0.4, 0.5) is 15.9 Å². The summed E-state index contributed by atoms with van der Waals surface area (Å²) in [6.07, 6.45) is 1.41. The average Bonchev–Trinajstić information content (AvgIpc) is 2.81. The van der Waals surface area contributed by atoms with Crippen LogP contribution in [0, 0.1) is 12.7 Å². The van der Waals surface area contributed by atoms with E-state index in [2.05, 4.69) is 15.2 Å². The SMILES string of the molecule is Cc1nc2ccc(C(=O)O)cn2c1N=Nc1ccccc1F. The quantitative estimate of drug-likeness (QED) is 0.745. The van der Waals surface area contributed by atoms with Crippen LogP contribution in [-0.2, 0) is 0 Å². The highest BCUT2D eigenvalue weighted by molar-refractivity contribution is 5.87. The Hall–Kier alpha value is -3.09. The highest BCUT2D eigenvalue weighted by Crippen LogP contribution is 2.25. The first-order valence-electron chi connectivity index (χ1n) is 6.44. The molecule has 0 aliphatic rings. The zero-order chi connectivity index (χ0) is 15.7. The van der Waals surface area contributed by atoms with Crippen molar-refractivity contribution in [3.63, 3.8) is 0 Å². The normalized spacial score (nSPS) is 11.4. The molecule has 0 unspecified atom stereocenters. The molecule has 2 aromatic heterocycles. The van der Waals surface area contributed by atoms with Gasteiger partial charge in [0.1, 0.15) is 11.3 Å². The molecule has 110 valence electrons. The van der Waals surface area contributed by atoms with Gasteiger partial charge in [0.05, 0.1) is 11.3 Å². The smallest absolute Gasteiger partial charge is 0.337 e. The van der Waals surface area contributed by atoms with E-state index in [1.165, 1.54) is 28.8 Å². The number of aromatic nitrogens is 2. The fraction of sp³-hybridized carbons (Fsp3) is 0.0667. The topological polar surface area (TPSA) is 79.3 Å². The van der Waals surface area contributed by atoms with Gasteiger partial charge < -0.3 is 5.11 Å². The number of aryl methyl sites for hydroxylation is 1. The molecule has 22 heavy (non-hydrogen) atoms. The number of fused-ring (bicyclic) bond motifs is 1. The zero-order valence-electron chi connectivity index (χ0n) is 11.6. The third-order valence-corrected chi connectivity index (χ3v) is 3.11. The highest BCUT2D eigenvalue weighted by atomic mass is 19.1. The van der Waals surface area contributed by atoms with E-state index < -0.39 is 11.8 Å². The molecule has 0 bridgehead atoms. The summed E-state index contributed by atoms with van der Waals surface area (Å²) in [4.78, 5) is 15.3. The van der Waals surface area contributed by atoms with Gasteiger partial charge in [-0.2, -0.15) is 0 Å². The first-order chi connectivity index (χ1) is 10.6. The molecule has 0 amide bonds. The van der Waals surface area contributed by atoms with Gasteiger partial charge in [0.2, 0.25) is 0 Å². The van der Waals surface area contributed by atoms with Crippen LogP contribution in [0.15, 0.2) is 52.8 Å². The first kappa shape index (κ1) is 13.9. The predicted molar refractivity (Wildman–Crippen MR) is 77.5 cm³/mol. The Morgan fingerprint density at radius 1 is 1.23 bits per heavy atom. The molecule has 0 spiro atoms. The van der Waals surface area contributed by atoms with Gasteiger partial charge in [-0.3, -0.25) is 4.40 Å². The van der Waals surface area contributed by atoms with Gasteiger partial charge in [-0.25, -0.2) is 14.2 Å². The number of rotatable bonds is 3. The van der Waals surface area contributed by atoms with Crippen molar-refractivity contribution in [2.24, 2.45) is 10.2 Å². The summed E-state index contributed by atoms with van der Waals surface area (Å²) < 4.78 is 15.1. The van der Waals surface area contributed by atoms with Crippen LogP contribution in [-0.4, -0.2) is 20.5 Å². The van der Waals surface area contributed by atoms with Gasteiger partial charge in [0.25, 0.3) is 0 Å². The number of carboxylic acids is 1. The van der Waals surface area contributed by atoms with Gasteiger partial charge in [0, 0.05) is 6.20 Å². The van der Waals surface area contributed by atoms with E-state index in [1.807, 2.05) is 0 Å². The van der Waals surface area contributed by atoms with Crippen LogP contribution in [0.1, 0.15) is 16.1 Å². The fourth-order valence-corrected chi connectivity index (χ4v) is 2.03. The minimum Gasteiger partial charge on any atom is -0.478 e. The minimum absolute atomic E-state index is 0.103. The van der Waals surface area contributed by atoms with Gasteiger partial charge >= 0.3 is 5.97 Å². The number of halogens is 1. The number of benzene rings is 1. The van der Waals surface area contributed by atoms with E-state index in [0.29, 0.717) is 17.2 Å². The molecule has 1 N–H and O–H groups in total. The molecule has 2 heterocycles. The Morgan fingerprint density at radius 3 is 2.73 bits per heavy atom. The zero-order valence-corrected chi connectivity index (χ0v) is 11.6. The number of carbonyl (C=O) groups is 1. The van der Waals surface area contributed by atoms with Crippen LogP contribution in [0.5, 0.6) is 0 Å². The maximum Gasteiger partial charge on any atom is 0.337 e. The van der Waals surface area contributed by atoms with Gasteiger partial charge in [-0.1, -0.05) is 12.1 Å². The van der Waals surface area contributed by atoms with Crippen LogP contribution in [0.2, 0.25) is 0 Å². The third kappa shape index (κ3) is 2.44. The number of aromatic carboxylic acids is 1. The van der Waals surface area contributed by atoms with Crippen molar-refractivity contribution in [3.05, 3.63) is 59.7 Å². The molecular formula is C15H11FN4O2. The largest absolute Gasteiger partial charge is 0.478 e. The Bertz CT molecular complexity index is 902. The number of imidazole rings is 1. The third-order valence-electron chi connectivity index (χ3n) is 3.11. The van der Waals surface area contributed by atoms with Crippen molar-refractivity contribution in [1.29, 1.82) is 0 Å². The lowest BCUT2D eigenvalue weighted by atomic mass is 10.3. The lowest BCUT2D eigenvalue weighted by Crippen LogP contribution is -1.98. The summed E-state index contributed by atoms with van der Waals surface area (Å²) in [5, 5.41) is 16.9. The maximum atomic E-state index is 13.5. The van der Waals surface area contributed by atoms with Crippen LogP contribution in [0.25, 0.3) is 5.65 Å². The number of carboxylic acid groups (broad SMARTS) is 1. The van der Waals surface area contributed by atoms with Crippen LogP contribution < -0.4 is 0 Å². The average molecular weight is 298 g/mol. The summed E-state index contributed by atoms with van der Waals surface area (Å²) in [5.74, 6) is -1.17. The lowest BCUT2D eigenvalue weighted by Gasteiger charge is -1.99. The van der Waals surface area contributed by atoms with E-state index >= 15 is 0 Å².